The zero-order valence-electron chi connectivity index (χ0n) is 23.9. The summed E-state index contributed by atoms with van der Waals surface area (Å²) in [6, 6.07) is 6.95. The zero-order chi connectivity index (χ0) is 26.4. The fourth-order valence-electron chi connectivity index (χ4n) is 6.60. The lowest BCUT2D eigenvalue weighted by molar-refractivity contribution is 1.07. The van der Waals surface area contributed by atoms with Crippen LogP contribution in [0.25, 0.3) is 44.2 Å². The predicted molar refractivity (Wildman–Crippen MR) is 161 cm³/mol. The molecule has 4 nitrogen and oxygen atoms in total. The van der Waals surface area contributed by atoms with E-state index in [1.54, 1.807) is 0 Å². The van der Waals surface area contributed by atoms with Gasteiger partial charge in [0, 0.05) is 27.6 Å². The monoisotopic (exact) mass is 494 g/mol. The highest BCUT2D eigenvalue weighted by atomic mass is 14.8. The molecule has 0 radical (unpaired) electrons. The van der Waals surface area contributed by atoms with Crippen molar-refractivity contribution in [3.8, 4) is 0 Å². The number of rotatable bonds is 6. The quantitative estimate of drug-likeness (QED) is 0.246. The average molecular weight is 495 g/mol. The number of nitrogens with zero attached hydrogens (tertiary/aromatic N) is 1. The highest BCUT2D eigenvalue weighted by Crippen LogP contribution is 2.39. The number of aromatic amines is 3. The molecule has 194 valence electrons. The van der Waals surface area contributed by atoms with Gasteiger partial charge in [0.2, 0.25) is 0 Å². The molecule has 4 aromatic heterocycles. The minimum absolute atomic E-state index is 0.976. The summed E-state index contributed by atoms with van der Waals surface area (Å²) >= 11 is 0. The Morgan fingerprint density at radius 3 is 1.51 bits per heavy atom. The summed E-state index contributed by atoms with van der Waals surface area (Å²) in [5.74, 6) is 0. The number of hydrogen-bond donors (Lipinski definition) is 3. The van der Waals surface area contributed by atoms with E-state index in [0.717, 1.165) is 49.9 Å². The van der Waals surface area contributed by atoms with Gasteiger partial charge in [0.05, 0.1) is 16.9 Å². The fraction of sp³-hybridized carbons (Fsp3) is 0.424. The Hall–Kier alpha value is -3.27. The van der Waals surface area contributed by atoms with Gasteiger partial charge in [-0.2, -0.15) is 0 Å². The van der Waals surface area contributed by atoms with E-state index in [-0.39, 0.29) is 0 Å². The number of nitrogens with one attached hydrogen (secondary N) is 3. The number of aromatic nitrogens is 4. The van der Waals surface area contributed by atoms with Gasteiger partial charge in [-0.1, -0.05) is 41.5 Å². The van der Waals surface area contributed by atoms with Crippen LogP contribution in [0.2, 0.25) is 0 Å². The van der Waals surface area contributed by atoms with Crippen molar-refractivity contribution < 1.29 is 0 Å². The molecule has 5 heterocycles. The van der Waals surface area contributed by atoms with E-state index in [2.05, 4.69) is 88.5 Å². The molecule has 0 spiro atoms. The van der Waals surface area contributed by atoms with E-state index < -0.39 is 0 Å². The third kappa shape index (κ3) is 3.93. The Labute approximate surface area is 221 Å². The van der Waals surface area contributed by atoms with Gasteiger partial charge in [-0.05, 0) is 115 Å². The van der Waals surface area contributed by atoms with Crippen LogP contribution >= 0.6 is 0 Å². The fourth-order valence-corrected chi connectivity index (χ4v) is 6.60. The Kier molecular flexibility index (Phi) is 6.78. The van der Waals surface area contributed by atoms with Crippen molar-refractivity contribution in [2.24, 2.45) is 0 Å². The Morgan fingerprint density at radius 1 is 0.514 bits per heavy atom. The van der Waals surface area contributed by atoms with E-state index in [1.807, 2.05) is 0 Å². The van der Waals surface area contributed by atoms with Crippen LogP contribution in [0.1, 0.15) is 99.2 Å². The molecule has 4 heteroatoms. The molecule has 0 atom stereocenters. The predicted octanol–water partition coefficient (Wildman–Crippen LogP) is 9.12. The van der Waals surface area contributed by atoms with Crippen LogP contribution < -0.4 is 0 Å². The molecule has 0 saturated heterocycles. The summed E-state index contributed by atoms with van der Waals surface area (Å²) in [6.45, 7) is 18.1. The zero-order valence-corrected chi connectivity index (χ0v) is 23.9. The lowest BCUT2D eigenvalue weighted by Crippen LogP contribution is -1.89. The first-order chi connectivity index (χ1) is 17.9. The molecule has 37 heavy (non-hydrogen) atoms. The maximum atomic E-state index is 5.34. The van der Waals surface area contributed by atoms with E-state index in [9.17, 15) is 0 Å². The van der Waals surface area contributed by atoms with Gasteiger partial charge in [-0.15, -0.1) is 0 Å². The van der Waals surface area contributed by atoms with Gasteiger partial charge in [-0.3, -0.25) is 0 Å². The molecular formula is C33H42N4. The second kappa shape index (κ2) is 9.89. The number of aryl methyl sites for hydroxylation is 6. The Bertz CT molecular complexity index is 1650. The molecule has 0 aliphatic carbocycles. The summed E-state index contributed by atoms with van der Waals surface area (Å²) in [6.07, 6.45) is 5.93. The van der Waals surface area contributed by atoms with E-state index in [4.69, 9.17) is 4.98 Å². The van der Waals surface area contributed by atoms with E-state index in [1.165, 1.54) is 77.6 Å². The topological polar surface area (TPSA) is 60.3 Å². The standard InChI is InChI=1S/C33H42N4/c1-9-20-18(7)26-15-30-22(11-3)24(13-5)32(36-30)33-25(14-6)23(12-4)31(37-33)16-27-19(8)21(10-2)29(35-27)17-28(20)34-26/h15-17,34-36H,9-14H2,1-8H3. The van der Waals surface area contributed by atoms with Crippen molar-refractivity contribution in [1.29, 1.82) is 0 Å². The summed E-state index contributed by atoms with van der Waals surface area (Å²) < 4.78 is 0. The van der Waals surface area contributed by atoms with Gasteiger partial charge in [0.1, 0.15) is 0 Å². The summed E-state index contributed by atoms with van der Waals surface area (Å²) in [5, 5.41) is 0. The molecule has 1 aliphatic heterocycles. The smallest absolute Gasteiger partial charge is 0.0910 e. The van der Waals surface area contributed by atoms with Crippen LogP contribution in [0.3, 0.4) is 0 Å². The first kappa shape index (κ1) is 25.4. The van der Waals surface area contributed by atoms with E-state index >= 15 is 0 Å². The van der Waals surface area contributed by atoms with Crippen LogP contribution in [-0.4, -0.2) is 19.9 Å². The first-order valence-corrected chi connectivity index (χ1v) is 14.3. The molecule has 0 aromatic carbocycles. The second-order valence-corrected chi connectivity index (χ2v) is 10.3. The molecule has 0 fully saturated rings. The molecule has 1 aliphatic rings. The van der Waals surface area contributed by atoms with Crippen LogP contribution in [-0.2, 0) is 25.7 Å². The first-order valence-electron chi connectivity index (χ1n) is 14.3. The van der Waals surface area contributed by atoms with Gasteiger partial charge >= 0.3 is 0 Å². The summed E-state index contributed by atoms with van der Waals surface area (Å²) in [7, 11) is 0. The van der Waals surface area contributed by atoms with Gasteiger partial charge < -0.3 is 15.0 Å². The lowest BCUT2D eigenvalue weighted by atomic mass is 9.98. The molecule has 0 amide bonds. The highest BCUT2D eigenvalue weighted by Gasteiger charge is 2.22. The third-order valence-electron chi connectivity index (χ3n) is 8.56. The minimum atomic E-state index is 0.976. The SMILES string of the molecule is CCC1=C(CC)c2nc1cc1[nH]c(cc3[nH]c(cc4[nH]c2c(CC)c4CC)c(C)c3CC)c(CC)c1C. The lowest BCUT2D eigenvalue weighted by Gasteiger charge is -2.04. The Morgan fingerprint density at radius 2 is 1.00 bits per heavy atom. The average Bonchev–Trinajstić information content (AvgIpc) is 3.59. The summed E-state index contributed by atoms with van der Waals surface area (Å²) in [5.41, 5.74) is 20.4. The van der Waals surface area contributed by atoms with Gasteiger partial charge in [0.15, 0.2) is 0 Å². The molecule has 0 unspecified atom stereocenters. The highest BCUT2D eigenvalue weighted by molar-refractivity contribution is 5.98. The van der Waals surface area contributed by atoms with Crippen LogP contribution in [0.4, 0.5) is 0 Å². The van der Waals surface area contributed by atoms with Gasteiger partial charge in [-0.25, -0.2) is 4.98 Å². The van der Waals surface area contributed by atoms with Crippen LogP contribution in [0.15, 0.2) is 18.2 Å². The maximum absolute atomic E-state index is 5.34. The molecule has 8 bridgehead atoms. The molecule has 4 aromatic rings. The second-order valence-electron chi connectivity index (χ2n) is 10.3. The van der Waals surface area contributed by atoms with Crippen LogP contribution in [0, 0.1) is 13.8 Å². The van der Waals surface area contributed by atoms with Crippen molar-refractivity contribution in [3.63, 3.8) is 0 Å². The minimum Gasteiger partial charge on any atom is -0.355 e. The number of hydrogen-bond acceptors (Lipinski definition) is 1. The van der Waals surface area contributed by atoms with Crippen molar-refractivity contribution in [2.45, 2.75) is 93.9 Å². The molecule has 5 rings (SSSR count). The maximum Gasteiger partial charge on any atom is 0.0910 e. The van der Waals surface area contributed by atoms with Crippen molar-refractivity contribution >= 4 is 44.2 Å². The van der Waals surface area contributed by atoms with Crippen LogP contribution in [0.5, 0.6) is 0 Å². The third-order valence-corrected chi connectivity index (χ3v) is 8.56. The number of allylic oxidation sites excluding steroid dienone is 2. The molecule has 0 saturated carbocycles. The Balaban J connectivity index is 2.08. The molecule has 3 N–H and O–H groups in total. The summed E-state index contributed by atoms with van der Waals surface area (Å²) in [4.78, 5) is 16.8. The van der Waals surface area contributed by atoms with Gasteiger partial charge in [0.25, 0.3) is 0 Å². The normalized spacial score (nSPS) is 12.9. The molecular weight excluding hydrogens is 452 g/mol. The number of fused-ring (bicyclic) bond motifs is 9. The van der Waals surface area contributed by atoms with Crippen molar-refractivity contribution in [3.05, 3.63) is 63.0 Å². The van der Waals surface area contributed by atoms with Crippen molar-refractivity contribution in [2.75, 3.05) is 0 Å². The largest absolute Gasteiger partial charge is 0.355 e. The van der Waals surface area contributed by atoms with E-state index in [0.29, 0.717) is 0 Å². The number of H-pyrrole nitrogens is 3. The van der Waals surface area contributed by atoms with Crippen molar-refractivity contribution in [1.82, 2.24) is 19.9 Å².